The van der Waals surface area contributed by atoms with Crippen molar-refractivity contribution in [3.63, 3.8) is 0 Å². The predicted octanol–water partition coefficient (Wildman–Crippen LogP) is 2.67. The molecule has 2 fully saturated rings. The molecule has 2 amide bonds. The number of amides is 2. The van der Waals surface area contributed by atoms with E-state index in [4.69, 9.17) is 4.74 Å². The molecule has 25 heavy (non-hydrogen) atoms. The van der Waals surface area contributed by atoms with Crippen molar-refractivity contribution in [3.8, 4) is 0 Å². The number of piperidine rings is 1. The van der Waals surface area contributed by atoms with Gasteiger partial charge >= 0.3 is 0 Å². The zero-order chi connectivity index (χ0) is 17.4. The second-order valence-electron chi connectivity index (χ2n) is 7.44. The van der Waals surface area contributed by atoms with Crippen LogP contribution in [0.1, 0.15) is 43.6 Å². The summed E-state index contributed by atoms with van der Waals surface area (Å²) in [7, 11) is 0. The minimum atomic E-state index is -0.586. The van der Waals surface area contributed by atoms with Gasteiger partial charge in [0.1, 0.15) is 5.82 Å². The van der Waals surface area contributed by atoms with Crippen LogP contribution < -0.4 is 5.32 Å². The number of carbonyl (C=O) groups excluding carboxylic acids is 2. The number of benzene rings is 1. The summed E-state index contributed by atoms with van der Waals surface area (Å²) in [5.41, 5.74) is 1.15. The quantitative estimate of drug-likeness (QED) is 0.896. The average molecular weight is 346 g/mol. The molecule has 0 radical (unpaired) electrons. The molecule has 1 spiro atoms. The largest absolute Gasteiger partial charge is 0.381 e. The van der Waals surface area contributed by atoms with Crippen molar-refractivity contribution < 1.29 is 18.7 Å². The number of likely N-dealkylation sites (tertiary alicyclic amines) is 1. The molecule has 6 heteroatoms. The van der Waals surface area contributed by atoms with Crippen LogP contribution in [0.2, 0.25) is 0 Å². The number of carbonyl (C=O) groups is 2. The monoisotopic (exact) mass is 346 g/mol. The molecule has 0 aliphatic carbocycles. The van der Waals surface area contributed by atoms with E-state index in [-0.39, 0.29) is 23.9 Å². The normalized spacial score (nSPS) is 24.9. The zero-order valence-electron chi connectivity index (χ0n) is 14.2. The van der Waals surface area contributed by atoms with Crippen molar-refractivity contribution >= 4 is 17.5 Å². The van der Waals surface area contributed by atoms with Crippen LogP contribution in [0, 0.1) is 11.2 Å². The Morgan fingerprint density at radius 1 is 1.24 bits per heavy atom. The molecule has 3 aliphatic heterocycles. The number of rotatable bonds is 2. The number of ether oxygens (including phenoxy) is 1. The molecule has 0 bridgehead atoms. The highest BCUT2D eigenvalue weighted by Gasteiger charge is 2.39. The Hall–Kier alpha value is -1.95. The molecule has 4 rings (SSSR count). The number of hydrogen-bond acceptors (Lipinski definition) is 3. The van der Waals surface area contributed by atoms with Gasteiger partial charge in [-0.3, -0.25) is 9.59 Å². The van der Waals surface area contributed by atoms with Gasteiger partial charge in [-0.05, 0) is 42.7 Å². The van der Waals surface area contributed by atoms with Crippen molar-refractivity contribution in [2.24, 2.45) is 5.41 Å². The molecule has 3 aliphatic rings. The fourth-order valence-electron chi connectivity index (χ4n) is 4.36. The summed E-state index contributed by atoms with van der Waals surface area (Å²) < 4.78 is 19.3. The van der Waals surface area contributed by atoms with Gasteiger partial charge in [0.15, 0.2) is 0 Å². The highest BCUT2D eigenvalue weighted by Crippen LogP contribution is 2.41. The van der Waals surface area contributed by atoms with Gasteiger partial charge in [0.05, 0.1) is 11.6 Å². The average Bonchev–Trinajstić information content (AvgIpc) is 2.94. The molecule has 1 aromatic carbocycles. The van der Waals surface area contributed by atoms with Crippen LogP contribution in [-0.4, -0.2) is 43.0 Å². The Bertz CT molecular complexity index is 690. The van der Waals surface area contributed by atoms with Crippen LogP contribution in [0.15, 0.2) is 18.2 Å². The second-order valence-corrected chi connectivity index (χ2v) is 7.44. The van der Waals surface area contributed by atoms with E-state index in [2.05, 4.69) is 5.32 Å². The zero-order valence-corrected chi connectivity index (χ0v) is 14.2. The molecule has 1 N–H and O–H groups in total. The lowest BCUT2D eigenvalue weighted by Crippen LogP contribution is -2.45. The molecule has 0 saturated carbocycles. The maximum absolute atomic E-state index is 13.8. The summed E-state index contributed by atoms with van der Waals surface area (Å²) in [6.07, 6.45) is 4.27. The fourth-order valence-corrected chi connectivity index (χ4v) is 4.36. The molecule has 2 saturated heterocycles. The summed E-state index contributed by atoms with van der Waals surface area (Å²) in [4.78, 5) is 26.7. The first-order chi connectivity index (χ1) is 12.1. The standard InChI is InChI=1S/C19H23FN2O3/c20-15-3-1-2-13-14(18(24)21-17(13)15)12-16(23)22-8-4-19(5-9-22)6-10-25-11-7-19/h1-3,14H,4-12H2,(H,21,24). The molecule has 134 valence electrons. The molecule has 1 aromatic rings. The lowest BCUT2D eigenvalue weighted by Gasteiger charge is -2.44. The summed E-state index contributed by atoms with van der Waals surface area (Å²) in [6, 6.07) is 4.63. The van der Waals surface area contributed by atoms with Gasteiger partial charge < -0.3 is 15.0 Å². The van der Waals surface area contributed by atoms with E-state index in [0.29, 0.717) is 11.0 Å². The molecular weight excluding hydrogens is 323 g/mol. The highest BCUT2D eigenvalue weighted by atomic mass is 19.1. The van der Waals surface area contributed by atoms with Gasteiger partial charge in [-0.1, -0.05) is 12.1 Å². The lowest BCUT2D eigenvalue weighted by atomic mass is 9.72. The van der Waals surface area contributed by atoms with Gasteiger partial charge in [-0.15, -0.1) is 0 Å². The Kier molecular flexibility index (Phi) is 4.23. The Balaban J connectivity index is 1.40. The second kappa shape index (κ2) is 6.41. The first-order valence-corrected chi connectivity index (χ1v) is 9.03. The summed E-state index contributed by atoms with van der Waals surface area (Å²) in [6.45, 7) is 3.11. The van der Waals surface area contributed by atoms with Gasteiger partial charge in [-0.2, -0.15) is 0 Å². The Morgan fingerprint density at radius 3 is 2.68 bits per heavy atom. The van der Waals surface area contributed by atoms with Crippen LogP contribution in [0.4, 0.5) is 10.1 Å². The number of fused-ring (bicyclic) bond motifs is 1. The molecule has 0 aromatic heterocycles. The highest BCUT2D eigenvalue weighted by molar-refractivity contribution is 6.05. The summed E-state index contributed by atoms with van der Waals surface area (Å²) in [5.74, 6) is -1.33. The number of nitrogens with zero attached hydrogens (tertiary/aromatic N) is 1. The van der Waals surface area contributed by atoms with Gasteiger partial charge in [0, 0.05) is 32.7 Å². The third-order valence-electron chi connectivity index (χ3n) is 6.09. The number of para-hydroxylation sites is 1. The first kappa shape index (κ1) is 16.5. The van der Waals surface area contributed by atoms with Crippen LogP contribution in [0.3, 0.4) is 0 Å². The Morgan fingerprint density at radius 2 is 1.96 bits per heavy atom. The maximum atomic E-state index is 13.8. The van der Waals surface area contributed by atoms with Crippen LogP contribution in [0.5, 0.6) is 0 Å². The molecule has 5 nitrogen and oxygen atoms in total. The van der Waals surface area contributed by atoms with E-state index >= 15 is 0 Å². The maximum Gasteiger partial charge on any atom is 0.232 e. The summed E-state index contributed by atoms with van der Waals surface area (Å²) >= 11 is 0. The van der Waals surface area contributed by atoms with Crippen molar-refractivity contribution in [2.45, 2.75) is 38.0 Å². The van der Waals surface area contributed by atoms with E-state index in [1.165, 1.54) is 6.07 Å². The van der Waals surface area contributed by atoms with Gasteiger partial charge in [0.2, 0.25) is 11.8 Å². The van der Waals surface area contributed by atoms with Crippen LogP contribution >= 0.6 is 0 Å². The number of halogens is 1. The van der Waals surface area contributed by atoms with Gasteiger partial charge in [0.25, 0.3) is 0 Å². The first-order valence-electron chi connectivity index (χ1n) is 9.03. The molecule has 3 heterocycles. The number of hydrogen-bond donors (Lipinski definition) is 1. The minimum Gasteiger partial charge on any atom is -0.381 e. The topological polar surface area (TPSA) is 58.6 Å². The van der Waals surface area contributed by atoms with Crippen LogP contribution in [-0.2, 0) is 14.3 Å². The van der Waals surface area contributed by atoms with Crippen molar-refractivity contribution in [3.05, 3.63) is 29.6 Å². The van der Waals surface area contributed by atoms with Crippen LogP contribution in [0.25, 0.3) is 0 Å². The van der Waals surface area contributed by atoms with E-state index in [9.17, 15) is 14.0 Å². The van der Waals surface area contributed by atoms with Crippen molar-refractivity contribution in [2.75, 3.05) is 31.6 Å². The molecule has 1 unspecified atom stereocenters. The molecule has 1 atom stereocenters. The SMILES string of the molecule is O=C1Nc2c(F)cccc2C1CC(=O)N1CCC2(CCOCC2)CC1. The minimum absolute atomic E-state index is 0.0147. The van der Waals surface area contributed by atoms with Crippen molar-refractivity contribution in [1.29, 1.82) is 0 Å². The predicted molar refractivity (Wildman–Crippen MR) is 90.7 cm³/mol. The third kappa shape index (κ3) is 3.03. The van der Waals surface area contributed by atoms with E-state index in [0.717, 1.165) is 52.0 Å². The number of anilines is 1. The smallest absolute Gasteiger partial charge is 0.232 e. The Labute approximate surface area is 146 Å². The third-order valence-corrected chi connectivity index (χ3v) is 6.09. The summed E-state index contributed by atoms with van der Waals surface area (Å²) in [5, 5.41) is 2.57. The fraction of sp³-hybridized carbons (Fsp3) is 0.579. The lowest BCUT2D eigenvalue weighted by molar-refractivity contribution is -0.136. The molecular formula is C19H23FN2O3. The van der Waals surface area contributed by atoms with Crippen molar-refractivity contribution in [1.82, 2.24) is 4.90 Å². The van der Waals surface area contributed by atoms with E-state index in [1.54, 1.807) is 12.1 Å². The van der Waals surface area contributed by atoms with E-state index < -0.39 is 11.7 Å². The van der Waals surface area contributed by atoms with Gasteiger partial charge in [-0.25, -0.2) is 4.39 Å². The van der Waals surface area contributed by atoms with E-state index in [1.807, 2.05) is 4.90 Å². The number of nitrogens with one attached hydrogen (secondary N) is 1.